The molecule has 0 aliphatic carbocycles. The van der Waals surface area contributed by atoms with Gasteiger partial charge >= 0.3 is 5.97 Å². The minimum absolute atomic E-state index is 0.394. The van der Waals surface area contributed by atoms with Crippen molar-refractivity contribution in [2.45, 2.75) is 13.0 Å². The van der Waals surface area contributed by atoms with Crippen molar-refractivity contribution in [3.8, 4) is 0 Å². The maximum atomic E-state index is 12.1. The molecule has 0 saturated carbocycles. The van der Waals surface area contributed by atoms with E-state index in [1.54, 1.807) is 30.3 Å². The van der Waals surface area contributed by atoms with Crippen molar-refractivity contribution in [1.82, 2.24) is 10.3 Å². The zero-order valence-electron chi connectivity index (χ0n) is 12.6. The number of amides is 1. The van der Waals surface area contributed by atoms with Crippen molar-refractivity contribution in [2.75, 3.05) is 7.11 Å². The SMILES string of the molecule is COC(=O)C(NC(=O)/C=C/c1csc(C)n1)c1ccc(Br)cc1. The average molecular weight is 395 g/mol. The molecule has 1 aromatic carbocycles. The molecule has 2 rings (SSSR count). The van der Waals surface area contributed by atoms with Crippen molar-refractivity contribution < 1.29 is 14.3 Å². The number of nitrogens with zero attached hydrogens (tertiary/aromatic N) is 1. The molecule has 2 aromatic rings. The molecule has 0 radical (unpaired) electrons. The van der Waals surface area contributed by atoms with Gasteiger partial charge < -0.3 is 10.1 Å². The lowest BCUT2D eigenvalue weighted by Gasteiger charge is -2.15. The number of methoxy groups -OCH3 is 1. The topological polar surface area (TPSA) is 68.3 Å². The first-order valence-electron chi connectivity index (χ1n) is 6.73. The molecule has 7 heteroatoms. The quantitative estimate of drug-likeness (QED) is 0.624. The van der Waals surface area contributed by atoms with Crippen LogP contribution in [0.15, 0.2) is 40.2 Å². The van der Waals surface area contributed by atoms with Gasteiger partial charge in [-0.05, 0) is 30.7 Å². The summed E-state index contributed by atoms with van der Waals surface area (Å²) >= 11 is 4.84. The van der Waals surface area contributed by atoms with Crippen LogP contribution in [0.1, 0.15) is 22.3 Å². The van der Waals surface area contributed by atoms with Crippen LogP contribution in [-0.4, -0.2) is 24.0 Å². The van der Waals surface area contributed by atoms with Crippen molar-refractivity contribution in [1.29, 1.82) is 0 Å². The standard InChI is InChI=1S/C16H15BrN2O3S/c1-10-18-13(9-23-10)7-8-14(20)19-15(16(21)22-2)11-3-5-12(17)6-4-11/h3-9,15H,1-2H3,(H,19,20)/b8-7+. The highest BCUT2D eigenvalue weighted by atomic mass is 79.9. The Morgan fingerprint density at radius 1 is 1.35 bits per heavy atom. The highest BCUT2D eigenvalue weighted by Gasteiger charge is 2.22. The van der Waals surface area contributed by atoms with Crippen LogP contribution < -0.4 is 5.32 Å². The van der Waals surface area contributed by atoms with Crippen LogP contribution in [0.4, 0.5) is 0 Å². The maximum absolute atomic E-state index is 12.1. The van der Waals surface area contributed by atoms with E-state index in [1.165, 1.54) is 24.5 Å². The third-order valence-corrected chi connectivity index (χ3v) is 4.29. The molecule has 1 unspecified atom stereocenters. The van der Waals surface area contributed by atoms with Gasteiger partial charge in [-0.2, -0.15) is 0 Å². The van der Waals surface area contributed by atoms with Gasteiger partial charge in [0.2, 0.25) is 5.91 Å². The van der Waals surface area contributed by atoms with Crippen LogP contribution in [0.3, 0.4) is 0 Å². The highest BCUT2D eigenvalue weighted by molar-refractivity contribution is 9.10. The Balaban J connectivity index is 2.11. The number of benzene rings is 1. The molecule has 0 aliphatic rings. The van der Waals surface area contributed by atoms with Gasteiger partial charge in [0.15, 0.2) is 6.04 Å². The third-order valence-electron chi connectivity index (χ3n) is 2.97. The van der Waals surface area contributed by atoms with Gasteiger partial charge in [0.05, 0.1) is 17.8 Å². The molecular formula is C16H15BrN2O3S. The molecule has 23 heavy (non-hydrogen) atoms. The molecule has 1 N–H and O–H groups in total. The number of rotatable bonds is 5. The number of aromatic nitrogens is 1. The average Bonchev–Trinajstić information content (AvgIpc) is 2.96. The summed E-state index contributed by atoms with van der Waals surface area (Å²) in [5.41, 5.74) is 1.35. The molecule has 0 fully saturated rings. The van der Waals surface area contributed by atoms with E-state index in [-0.39, 0.29) is 0 Å². The number of hydrogen-bond donors (Lipinski definition) is 1. The minimum Gasteiger partial charge on any atom is -0.467 e. The molecule has 1 aromatic heterocycles. The summed E-state index contributed by atoms with van der Waals surface area (Å²) in [5.74, 6) is -0.924. The lowest BCUT2D eigenvalue weighted by Crippen LogP contribution is -2.33. The van der Waals surface area contributed by atoms with Crippen LogP contribution in [-0.2, 0) is 14.3 Å². The predicted octanol–water partition coefficient (Wildman–Crippen LogP) is 3.26. The summed E-state index contributed by atoms with van der Waals surface area (Å²) in [6, 6.07) is 6.23. The Bertz CT molecular complexity index is 725. The van der Waals surface area contributed by atoms with E-state index in [4.69, 9.17) is 4.74 Å². The summed E-state index contributed by atoms with van der Waals surface area (Å²) in [6.07, 6.45) is 2.96. The van der Waals surface area contributed by atoms with Gasteiger partial charge in [-0.15, -0.1) is 11.3 Å². The molecule has 5 nitrogen and oxygen atoms in total. The summed E-state index contributed by atoms with van der Waals surface area (Å²) in [7, 11) is 1.29. The second-order valence-electron chi connectivity index (χ2n) is 4.64. The van der Waals surface area contributed by atoms with E-state index in [1.807, 2.05) is 12.3 Å². The number of ether oxygens (including phenoxy) is 1. The number of aryl methyl sites for hydroxylation is 1. The second-order valence-corrected chi connectivity index (χ2v) is 6.62. The molecule has 0 aliphatic heterocycles. The van der Waals surface area contributed by atoms with E-state index in [9.17, 15) is 9.59 Å². The second kappa shape index (κ2) is 8.03. The van der Waals surface area contributed by atoms with Crippen molar-refractivity contribution in [3.05, 3.63) is 56.5 Å². The number of carbonyl (C=O) groups is 2. The van der Waals surface area contributed by atoms with E-state index in [0.29, 0.717) is 11.3 Å². The Kier molecular flexibility index (Phi) is 6.06. The summed E-state index contributed by atoms with van der Waals surface area (Å²) in [5, 5.41) is 5.42. The maximum Gasteiger partial charge on any atom is 0.333 e. The van der Waals surface area contributed by atoms with Gasteiger partial charge in [-0.25, -0.2) is 9.78 Å². The fourth-order valence-electron chi connectivity index (χ4n) is 1.86. The first-order chi connectivity index (χ1) is 11.0. The van der Waals surface area contributed by atoms with E-state index < -0.39 is 17.9 Å². The van der Waals surface area contributed by atoms with E-state index in [2.05, 4.69) is 26.2 Å². The van der Waals surface area contributed by atoms with Crippen LogP contribution in [0.2, 0.25) is 0 Å². The lowest BCUT2D eigenvalue weighted by molar-refractivity contribution is -0.144. The molecule has 0 spiro atoms. The number of nitrogens with one attached hydrogen (secondary N) is 1. The Hall–Kier alpha value is -1.99. The van der Waals surface area contributed by atoms with Gasteiger partial charge in [-0.1, -0.05) is 28.1 Å². The molecular weight excluding hydrogens is 380 g/mol. The fourth-order valence-corrected chi connectivity index (χ4v) is 2.70. The smallest absolute Gasteiger partial charge is 0.333 e. The first-order valence-corrected chi connectivity index (χ1v) is 8.41. The van der Waals surface area contributed by atoms with Gasteiger partial charge in [0, 0.05) is 15.9 Å². The van der Waals surface area contributed by atoms with Gasteiger partial charge in [-0.3, -0.25) is 4.79 Å². The fraction of sp³-hybridized carbons (Fsp3) is 0.188. The number of halogens is 1. The first kappa shape index (κ1) is 17.4. The summed E-state index contributed by atoms with van der Waals surface area (Å²) in [4.78, 5) is 28.2. The normalized spacial score (nSPS) is 12.1. The Morgan fingerprint density at radius 2 is 2.04 bits per heavy atom. The van der Waals surface area contributed by atoms with Crippen LogP contribution in [0.25, 0.3) is 6.08 Å². The monoisotopic (exact) mass is 394 g/mol. The van der Waals surface area contributed by atoms with Crippen molar-refractivity contribution >= 4 is 45.2 Å². The number of esters is 1. The number of thiazole rings is 1. The zero-order chi connectivity index (χ0) is 16.8. The van der Waals surface area contributed by atoms with Gasteiger partial charge in [0.1, 0.15) is 0 Å². The predicted molar refractivity (Wildman–Crippen MR) is 92.9 cm³/mol. The van der Waals surface area contributed by atoms with Gasteiger partial charge in [0.25, 0.3) is 0 Å². The Morgan fingerprint density at radius 3 is 2.61 bits per heavy atom. The number of hydrogen-bond acceptors (Lipinski definition) is 5. The van der Waals surface area contributed by atoms with Crippen LogP contribution in [0, 0.1) is 6.92 Å². The molecule has 1 amide bonds. The third kappa shape index (κ3) is 5.01. The van der Waals surface area contributed by atoms with E-state index in [0.717, 1.165) is 9.48 Å². The minimum atomic E-state index is -0.859. The van der Waals surface area contributed by atoms with Crippen molar-refractivity contribution in [2.24, 2.45) is 0 Å². The zero-order valence-corrected chi connectivity index (χ0v) is 15.0. The molecule has 0 bridgehead atoms. The summed E-state index contributed by atoms with van der Waals surface area (Å²) in [6.45, 7) is 1.89. The highest BCUT2D eigenvalue weighted by Crippen LogP contribution is 2.18. The van der Waals surface area contributed by atoms with Crippen LogP contribution in [0.5, 0.6) is 0 Å². The summed E-state index contributed by atoms with van der Waals surface area (Å²) < 4.78 is 5.65. The largest absolute Gasteiger partial charge is 0.467 e. The van der Waals surface area contributed by atoms with Crippen LogP contribution >= 0.6 is 27.3 Å². The molecule has 1 atom stereocenters. The lowest BCUT2D eigenvalue weighted by atomic mass is 10.1. The molecule has 0 saturated heterocycles. The Labute approximate surface area is 146 Å². The van der Waals surface area contributed by atoms with E-state index >= 15 is 0 Å². The van der Waals surface area contributed by atoms with Crippen molar-refractivity contribution in [3.63, 3.8) is 0 Å². The molecule has 1 heterocycles. The number of carbonyl (C=O) groups excluding carboxylic acids is 2. The molecule has 120 valence electrons.